The van der Waals surface area contributed by atoms with Crippen LogP contribution in [0.4, 0.5) is 0 Å². The fraction of sp³-hybridized carbons (Fsp3) is 0.455. The Morgan fingerprint density at radius 3 is 3.00 bits per heavy atom. The van der Waals surface area contributed by atoms with E-state index in [2.05, 4.69) is 16.5 Å². The van der Waals surface area contributed by atoms with Gasteiger partial charge in [0.15, 0.2) is 10.8 Å². The Bertz CT molecular complexity index is 1210. The number of rotatable bonds is 5. The third kappa shape index (κ3) is 3.76. The molecule has 2 aromatic heterocycles. The number of nitrogens with zero attached hydrogens (tertiary/aromatic N) is 4. The van der Waals surface area contributed by atoms with E-state index in [1.54, 1.807) is 15.4 Å². The van der Waals surface area contributed by atoms with Crippen LogP contribution in [-0.4, -0.2) is 50.2 Å². The second-order valence-electron chi connectivity index (χ2n) is 8.26. The van der Waals surface area contributed by atoms with Crippen LogP contribution in [0.1, 0.15) is 36.4 Å². The topological polar surface area (TPSA) is 91.0 Å². The second kappa shape index (κ2) is 8.12. The normalized spacial score (nSPS) is 20.3. The van der Waals surface area contributed by atoms with Crippen molar-refractivity contribution in [3.63, 3.8) is 0 Å². The number of carbonyl (C=O) groups is 1. The van der Waals surface area contributed by atoms with E-state index in [4.69, 9.17) is 9.72 Å². The van der Waals surface area contributed by atoms with Crippen LogP contribution in [0.25, 0.3) is 16.7 Å². The van der Waals surface area contributed by atoms with E-state index >= 15 is 0 Å². The van der Waals surface area contributed by atoms with Crippen LogP contribution in [0.5, 0.6) is 0 Å². The lowest BCUT2D eigenvalue weighted by Gasteiger charge is -2.15. The van der Waals surface area contributed by atoms with Crippen LogP contribution in [0.2, 0.25) is 0 Å². The van der Waals surface area contributed by atoms with Gasteiger partial charge in [-0.1, -0.05) is 29.5 Å². The van der Waals surface area contributed by atoms with Gasteiger partial charge in [-0.3, -0.25) is 14.2 Å². The molecular weight excluding hydrogens is 414 g/mol. The van der Waals surface area contributed by atoms with Crippen LogP contribution in [0.3, 0.4) is 0 Å². The van der Waals surface area contributed by atoms with E-state index in [0.717, 1.165) is 30.7 Å². The summed E-state index contributed by atoms with van der Waals surface area (Å²) in [5, 5.41) is 8.51. The van der Waals surface area contributed by atoms with Gasteiger partial charge in [0, 0.05) is 25.3 Å². The number of hydrogen-bond acceptors (Lipinski definition) is 6. The van der Waals surface area contributed by atoms with Gasteiger partial charge in [-0.05, 0) is 38.3 Å². The Morgan fingerprint density at radius 1 is 1.35 bits per heavy atom. The van der Waals surface area contributed by atoms with Crippen LogP contribution >= 0.6 is 11.8 Å². The average molecular weight is 440 g/mol. The molecule has 0 bridgehead atoms. The van der Waals surface area contributed by atoms with Gasteiger partial charge >= 0.3 is 0 Å². The van der Waals surface area contributed by atoms with Crippen molar-refractivity contribution < 1.29 is 9.53 Å². The standard InChI is InChI=1S/C22H25N5O3S/c1-13-5-6-18(14(2)8-13)27-20-17(11-24-27)21(29)26-15(12-31-22(26)25-20)9-19(28)23-10-16-4-3-7-30-16/h5-6,8,11,15-16H,3-4,7,9-10,12H2,1-2H3,(H,23,28). The van der Waals surface area contributed by atoms with Crippen molar-refractivity contribution in [3.8, 4) is 5.69 Å². The van der Waals surface area contributed by atoms with Gasteiger partial charge in [0.2, 0.25) is 5.91 Å². The molecule has 1 aromatic carbocycles. The van der Waals surface area contributed by atoms with Crippen molar-refractivity contribution in [1.29, 1.82) is 0 Å². The monoisotopic (exact) mass is 439 g/mol. The summed E-state index contributed by atoms with van der Waals surface area (Å²) in [6.07, 6.45) is 3.96. The van der Waals surface area contributed by atoms with Gasteiger partial charge in [0.25, 0.3) is 5.56 Å². The number of amides is 1. The van der Waals surface area contributed by atoms with Gasteiger partial charge in [-0.2, -0.15) is 5.10 Å². The van der Waals surface area contributed by atoms with Gasteiger partial charge in [0.1, 0.15) is 5.39 Å². The molecule has 162 valence electrons. The van der Waals surface area contributed by atoms with Crippen LogP contribution in [0.15, 0.2) is 34.3 Å². The molecule has 0 saturated carbocycles. The van der Waals surface area contributed by atoms with Gasteiger partial charge in [-0.25, -0.2) is 9.67 Å². The summed E-state index contributed by atoms with van der Waals surface area (Å²) >= 11 is 1.51. The first-order valence-electron chi connectivity index (χ1n) is 10.6. The molecule has 2 unspecified atom stereocenters. The summed E-state index contributed by atoms with van der Waals surface area (Å²) in [7, 11) is 0. The molecule has 1 fully saturated rings. The summed E-state index contributed by atoms with van der Waals surface area (Å²) in [6, 6.07) is 5.90. The Labute approximate surface area is 184 Å². The lowest BCUT2D eigenvalue weighted by molar-refractivity contribution is -0.122. The molecule has 1 amide bonds. The number of benzene rings is 1. The molecule has 0 aliphatic carbocycles. The highest BCUT2D eigenvalue weighted by Gasteiger charge is 2.30. The summed E-state index contributed by atoms with van der Waals surface area (Å²) in [6.45, 7) is 5.36. The summed E-state index contributed by atoms with van der Waals surface area (Å²) < 4.78 is 8.95. The molecule has 0 radical (unpaired) electrons. The number of thioether (sulfide) groups is 1. The molecule has 1 N–H and O–H groups in total. The molecule has 2 aliphatic heterocycles. The van der Waals surface area contributed by atoms with Crippen molar-refractivity contribution >= 4 is 28.7 Å². The molecule has 1 saturated heterocycles. The molecule has 2 atom stereocenters. The largest absolute Gasteiger partial charge is 0.376 e. The van der Waals surface area contributed by atoms with Crippen molar-refractivity contribution in [2.24, 2.45) is 0 Å². The maximum Gasteiger partial charge on any atom is 0.265 e. The number of hydrogen-bond donors (Lipinski definition) is 1. The highest BCUT2D eigenvalue weighted by Crippen LogP contribution is 2.33. The molecule has 5 rings (SSSR count). The number of nitrogens with one attached hydrogen (secondary N) is 1. The maximum atomic E-state index is 13.3. The fourth-order valence-electron chi connectivity index (χ4n) is 4.32. The zero-order valence-corrected chi connectivity index (χ0v) is 18.4. The number of fused-ring (bicyclic) bond motifs is 2. The highest BCUT2D eigenvalue weighted by molar-refractivity contribution is 7.99. The van der Waals surface area contributed by atoms with Crippen molar-refractivity contribution in [2.45, 2.75) is 50.4 Å². The predicted octanol–water partition coefficient (Wildman–Crippen LogP) is 2.53. The molecular formula is C22H25N5O3S. The van der Waals surface area contributed by atoms with Gasteiger partial charge in [-0.15, -0.1) is 0 Å². The zero-order chi connectivity index (χ0) is 21.5. The SMILES string of the molecule is Cc1ccc(-n2ncc3c(=O)n4c(nc32)SCC4CC(=O)NCC2CCCO2)c(C)c1. The van der Waals surface area contributed by atoms with Crippen molar-refractivity contribution in [1.82, 2.24) is 24.6 Å². The lowest BCUT2D eigenvalue weighted by Crippen LogP contribution is -2.34. The Morgan fingerprint density at radius 2 is 2.23 bits per heavy atom. The Hall–Kier alpha value is -2.65. The van der Waals surface area contributed by atoms with E-state index < -0.39 is 0 Å². The van der Waals surface area contributed by atoms with Crippen molar-refractivity contribution in [3.05, 3.63) is 45.9 Å². The summed E-state index contributed by atoms with van der Waals surface area (Å²) in [5.41, 5.74) is 3.56. The van der Waals surface area contributed by atoms with Gasteiger partial charge in [0.05, 0.1) is 24.0 Å². The van der Waals surface area contributed by atoms with Crippen LogP contribution in [0, 0.1) is 13.8 Å². The predicted molar refractivity (Wildman–Crippen MR) is 119 cm³/mol. The third-order valence-electron chi connectivity index (χ3n) is 5.92. The zero-order valence-electron chi connectivity index (χ0n) is 17.6. The van der Waals surface area contributed by atoms with Crippen molar-refractivity contribution in [2.75, 3.05) is 18.9 Å². The number of carbonyl (C=O) groups excluding carboxylic acids is 1. The van der Waals surface area contributed by atoms with Crippen LogP contribution < -0.4 is 10.9 Å². The van der Waals surface area contributed by atoms with E-state index in [-0.39, 0.29) is 30.0 Å². The Kier molecular flexibility index (Phi) is 5.31. The van der Waals surface area contributed by atoms with E-state index in [1.165, 1.54) is 17.3 Å². The summed E-state index contributed by atoms with van der Waals surface area (Å²) in [4.78, 5) is 30.5. The van der Waals surface area contributed by atoms with Crippen LogP contribution in [-0.2, 0) is 9.53 Å². The van der Waals surface area contributed by atoms with E-state index in [0.29, 0.717) is 28.5 Å². The smallest absolute Gasteiger partial charge is 0.265 e. The molecule has 2 aliphatic rings. The molecule has 4 heterocycles. The first kappa shape index (κ1) is 20.3. The summed E-state index contributed by atoms with van der Waals surface area (Å²) in [5.74, 6) is 0.589. The average Bonchev–Trinajstić information content (AvgIpc) is 3.47. The minimum absolute atomic E-state index is 0.0630. The van der Waals surface area contributed by atoms with E-state index in [1.807, 2.05) is 26.0 Å². The highest BCUT2D eigenvalue weighted by atomic mass is 32.2. The quantitative estimate of drug-likeness (QED) is 0.615. The molecule has 8 nitrogen and oxygen atoms in total. The van der Waals surface area contributed by atoms with E-state index in [9.17, 15) is 9.59 Å². The molecule has 31 heavy (non-hydrogen) atoms. The number of aromatic nitrogens is 4. The lowest BCUT2D eigenvalue weighted by atomic mass is 10.1. The maximum absolute atomic E-state index is 13.3. The molecule has 3 aromatic rings. The first-order chi connectivity index (χ1) is 15.0. The Balaban J connectivity index is 1.41. The first-order valence-corrected chi connectivity index (χ1v) is 11.6. The third-order valence-corrected chi connectivity index (χ3v) is 7.02. The minimum atomic E-state index is -0.210. The molecule has 0 spiro atoms. The fourth-order valence-corrected chi connectivity index (χ4v) is 5.45. The number of aryl methyl sites for hydroxylation is 2. The molecule has 9 heteroatoms. The van der Waals surface area contributed by atoms with Gasteiger partial charge < -0.3 is 10.1 Å². The minimum Gasteiger partial charge on any atom is -0.376 e. The second-order valence-corrected chi connectivity index (χ2v) is 9.25. The number of ether oxygens (including phenoxy) is 1.